The van der Waals surface area contributed by atoms with E-state index in [1.165, 1.54) is 16.7 Å². The van der Waals surface area contributed by atoms with Gasteiger partial charge in [0.15, 0.2) is 5.82 Å². The molecule has 4 N–H and O–H groups in total. The van der Waals surface area contributed by atoms with Crippen molar-refractivity contribution in [3.05, 3.63) is 101 Å². The van der Waals surface area contributed by atoms with E-state index in [2.05, 4.69) is 36.1 Å². The molecule has 304 valence electrons. The standard InChI is InChI=1S/C44H50F2N8O4/c45-36-25-32(48-38-17-18-39(55)51-43(38)58)13-16-35(36)27-19-22-53(23-20-27)33-14-11-30(12-15-33)49-42(57)28-7-9-31(10-8-28)50-44-47-26-37(46)41(52-44)29-4-3-5-34(24-29)54-21-2-1-6-40(54)56/h1-6,13,16,21,24-28,30-31,33,38,48H,7-12,14-15,17-20,22-23H2,(H,49,57)(H,47,50,52)(H,51,55,58). The van der Waals surface area contributed by atoms with Gasteiger partial charge in [0.05, 0.1) is 6.20 Å². The number of nitrogens with one attached hydrogen (secondary N) is 4. The summed E-state index contributed by atoms with van der Waals surface area (Å²) < 4.78 is 31.7. The Labute approximate surface area is 336 Å². The van der Waals surface area contributed by atoms with Gasteiger partial charge in [-0.05, 0) is 126 Å². The Bertz CT molecular complexity index is 2190. The van der Waals surface area contributed by atoms with Crippen LogP contribution in [0.5, 0.6) is 0 Å². The number of nitrogens with zero attached hydrogens (tertiary/aromatic N) is 4. The van der Waals surface area contributed by atoms with Crippen LogP contribution in [0, 0.1) is 17.6 Å². The summed E-state index contributed by atoms with van der Waals surface area (Å²) >= 11 is 0. The molecule has 4 fully saturated rings. The Balaban J connectivity index is 0.760. The number of halogens is 2. The van der Waals surface area contributed by atoms with Crippen LogP contribution in [0.1, 0.15) is 88.5 Å². The van der Waals surface area contributed by atoms with E-state index in [4.69, 9.17) is 0 Å². The first-order valence-corrected chi connectivity index (χ1v) is 20.7. The van der Waals surface area contributed by atoms with Crippen molar-refractivity contribution in [2.45, 2.75) is 107 Å². The maximum atomic E-state index is 15.3. The zero-order chi connectivity index (χ0) is 40.2. The summed E-state index contributed by atoms with van der Waals surface area (Å²) in [7, 11) is 0. The van der Waals surface area contributed by atoms with Gasteiger partial charge in [0.2, 0.25) is 23.7 Å². The van der Waals surface area contributed by atoms with Crippen LogP contribution >= 0.6 is 0 Å². The van der Waals surface area contributed by atoms with Crippen LogP contribution in [0.25, 0.3) is 16.9 Å². The van der Waals surface area contributed by atoms with Crippen LogP contribution in [0.15, 0.2) is 77.9 Å². The van der Waals surface area contributed by atoms with Gasteiger partial charge in [-0.1, -0.05) is 24.3 Å². The van der Waals surface area contributed by atoms with E-state index in [0.717, 1.165) is 83.5 Å². The Morgan fingerprint density at radius 1 is 0.776 bits per heavy atom. The molecule has 0 radical (unpaired) electrons. The molecule has 1 unspecified atom stereocenters. The molecule has 12 nitrogen and oxygen atoms in total. The Kier molecular flexibility index (Phi) is 11.9. The fraction of sp³-hybridized carbons (Fsp3) is 0.455. The van der Waals surface area contributed by atoms with Gasteiger partial charge < -0.3 is 20.9 Å². The second kappa shape index (κ2) is 17.6. The van der Waals surface area contributed by atoms with Gasteiger partial charge in [-0.3, -0.25) is 29.1 Å². The number of carbonyl (C=O) groups excluding carboxylic acids is 3. The third-order valence-corrected chi connectivity index (χ3v) is 12.5. The molecule has 2 aromatic heterocycles. The molecule has 0 bridgehead atoms. The van der Waals surface area contributed by atoms with Crippen molar-refractivity contribution >= 4 is 29.4 Å². The molecule has 8 rings (SSSR count). The van der Waals surface area contributed by atoms with E-state index >= 15 is 4.39 Å². The number of amides is 3. The van der Waals surface area contributed by atoms with Crippen LogP contribution in [-0.2, 0) is 14.4 Å². The molecule has 3 amide bonds. The van der Waals surface area contributed by atoms with Crippen molar-refractivity contribution in [1.82, 2.24) is 30.1 Å². The van der Waals surface area contributed by atoms with E-state index in [9.17, 15) is 23.6 Å². The van der Waals surface area contributed by atoms with Crippen molar-refractivity contribution < 1.29 is 23.2 Å². The maximum Gasteiger partial charge on any atom is 0.255 e. The fourth-order valence-electron chi connectivity index (χ4n) is 9.23. The molecule has 2 saturated heterocycles. The lowest BCUT2D eigenvalue weighted by Crippen LogP contribution is -2.47. The molecule has 1 atom stereocenters. The smallest absolute Gasteiger partial charge is 0.255 e. The first-order chi connectivity index (χ1) is 28.2. The van der Waals surface area contributed by atoms with Crippen LogP contribution < -0.4 is 26.8 Å². The van der Waals surface area contributed by atoms with Crippen LogP contribution in [0.3, 0.4) is 0 Å². The number of aromatic nitrogens is 3. The second-order valence-electron chi connectivity index (χ2n) is 16.3. The van der Waals surface area contributed by atoms with Crippen molar-refractivity contribution in [2.75, 3.05) is 23.7 Å². The summed E-state index contributed by atoms with van der Waals surface area (Å²) in [6.07, 6.45) is 12.2. The number of hydrogen-bond acceptors (Lipinski definition) is 9. The van der Waals surface area contributed by atoms with E-state index < -0.39 is 11.9 Å². The SMILES string of the molecule is O=C1CCC(Nc2ccc(C3CCN(C4CCC(NC(=O)C5CCC(Nc6ncc(F)c(-c7cccc(-n8ccccc8=O)c7)n6)CC5)CC4)CC3)c(F)c2)C(=O)N1. The Hall–Kier alpha value is -5.50. The van der Waals surface area contributed by atoms with Crippen LogP contribution in [0.4, 0.5) is 20.4 Å². The highest BCUT2D eigenvalue weighted by molar-refractivity contribution is 6.01. The van der Waals surface area contributed by atoms with Gasteiger partial charge in [0.1, 0.15) is 17.6 Å². The predicted octanol–water partition coefficient (Wildman–Crippen LogP) is 6.07. The number of anilines is 2. The molecule has 2 saturated carbocycles. The Morgan fingerprint density at radius 3 is 2.29 bits per heavy atom. The van der Waals surface area contributed by atoms with Gasteiger partial charge in [-0.2, -0.15) is 0 Å². The highest BCUT2D eigenvalue weighted by atomic mass is 19.1. The summed E-state index contributed by atoms with van der Waals surface area (Å²) in [5, 5.41) is 12.1. The number of hydrogen-bond donors (Lipinski definition) is 4. The molecule has 4 heterocycles. The maximum absolute atomic E-state index is 15.3. The van der Waals surface area contributed by atoms with Crippen molar-refractivity contribution in [3.8, 4) is 16.9 Å². The van der Waals surface area contributed by atoms with Gasteiger partial charge >= 0.3 is 0 Å². The normalized spacial score (nSPS) is 24.5. The summed E-state index contributed by atoms with van der Waals surface area (Å²) in [5.41, 5.74) is 2.36. The summed E-state index contributed by atoms with van der Waals surface area (Å²) in [4.78, 5) is 60.5. The monoisotopic (exact) mass is 792 g/mol. The van der Waals surface area contributed by atoms with Crippen molar-refractivity contribution in [2.24, 2.45) is 5.92 Å². The number of pyridine rings is 1. The molecule has 2 aliphatic carbocycles. The van der Waals surface area contributed by atoms with Gasteiger partial charge in [0, 0.05) is 59.7 Å². The summed E-state index contributed by atoms with van der Waals surface area (Å²) in [6, 6.07) is 17.2. The average Bonchev–Trinajstić information content (AvgIpc) is 3.23. The summed E-state index contributed by atoms with van der Waals surface area (Å²) in [5.74, 6) is -0.936. The van der Waals surface area contributed by atoms with Crippen LogP contribution in [0.2, 0.25) is 0 Å². The first kappa shape index (κ1) is 39.3. The number of piperidine rings is 2. The predicted molar refractivity (Wildman–Crippen MR) is 216 cm³/mol. The van der Waals surface area contributed by atoms with E-state index in [1.54, 1.807) is 42.6 Å². The Morgan fingerprint density at radius 2 is 1.55 bits per heavy atom. The number of carbonyl (C=O) groups is 3. The molecule has 4 aromatic rings. The number of imide groups is 1. The molecule has 2 aromatic carbocycles. The van der Waals surface area contributed by atoms with Gasteiger partial charge in [0.25, 0.3) is 5.56 Å². The lowest BCUT2D eigenvalue weighted by atomic mass is 9.83. The lowest BCUT2D eigenvalue weighted by Gasteiger charge is -2.41. The van der Waals surface area contributed by atoms with Gasteiger partial charge in [-0.15, -0.1) is 0 Å². The first-order valence-electron chi connectivity index (χ1n) is 20.7. The van der Waals surface area contributed by atoms with Crippen molar-refractivity contribution in [3.63, 3.8) is 0 Å². The van der Waals surface area contributed by atoms with E-state index in [-0.39, 0.29) is 65.1 Å². The van der Waals surface area contributed by atoms with Gasteiger partial charge in [-0.25, -0.2) is 18.7 Å². The van der Waals surface area contributed by atoms with Crippen LogP contribution in [-0.4, -0.2) is 74.4 Å². The molecular formula is C44H50F2N8O4. The third kappa shape index (κ3) is 9.12. The van der Waals surface area contributed by atoms with Crippen molar-refractivity contribution in [1.29, 1.82) is 0 Å². The molecule has 58 heavy (non-hydrogen) atoms. The highest BCUT2D eigenvalue weighted by Crippen LogP contribution is 2.35. The largest absolute Gasteiger partial charge is 0.374 e. The van der Waals surface area contributed by atoms with E-state index in [0.29, 0.717) is 40.9 Å². The summed E-state index contributed by atoms with van der Waals surface area (Å²) in [6.45, 7) is 1.82. The zero-order valence-electron chi connectivity index (χ0n) is 32.5. The molecule has 14 heteroatoms. The number of benzene rings is 2. The average molecular weight is 793 g/mol. The topological polar surface area (TPSA) is 150 Å². The second-order valence-corrected chi connectivity index (χ2v) is 16.3. The number of rotatable bonds is 10. The zero-order valence-corrected chi connectivity index (χ0v) is 32.5. The lowest BCUT2D eigenvalue weighted by molar-refractivity contribution is -0.133. The minimum absolute atomic E-state index is 0.0497. The fourth-order valence-corrected chi connectivity index (χ4v) is 9.23. The molecule has 0 spiro atoms. The third-order valence-electron chi connectivity index (χ3n) is 12.5. The molecule has 2 aliphatic heterocycles. The molecular weight excluding hydrogens is 743 g/mol. The molecule has 4 aliphatic rings. The minimum Gasteiger partial charge on any atom is -0.374 e. The van der Waals surface area contributed by atoms with E-state index in [1.807, 2.05) is 12.1 Å². The highest BCUT2D eigenvalue weighted by Gasteiger charge is 2.33. The minimum atomic E-state index is -0.555. The number of likely N-dealkylation sites (tertiary alicyclic amines) is 1. The quantitative estimate of drug-likeness (QED) is 0.141.